The molecule has 0 aliphatic carbocycles. The van der Waals surface area contributed by atoms with E-state index in [4.69, 9.17) is 0 Å². The first-order chi connectivity index (χ1) is 11.8. The van der Waals surface area contributed by atoms with Gasteiger partial charge in [0.15, 0.2) is 0 Å². The smallest absolute Gasteiger partial charge is 0.264 e. The molecule has 2 rings (SSSR count). The van der Waals surface area contributed by atoms with Gasteiger partial charge in [-0.1, -0.05) is 36.8 Å². The molecule has 0 fully saturated rings. The average Bonchev–Trinajstić information content (AvgIpc) is 2.61. The predicted octanol–water partition coefficient (Wildman–Crippen LogP) is 3.35. The zero-order chi connectivity index (χ0) is 18.6. The molecule has 1 N–H and O–H groups in total. The number of anilines is 1. The van der Waals surface area contributed by atoms with E-state index in [2.05, 4.69) is 5.32 Å². The second-order valence-electron chi connectivity index (χ2n) is 6.09. The Labute approximate surface area is 149 Å². The zero-order valence-corrected chi connectivity index (χ0v) is 15.8. The minimum atomic E-state index is -3.75. The lowest BCUT2D eigenvalue weighted by atomic mass is 10.1. The SMILES string of the molecule is CC[C@@H](C)NC(=O)c1ccccc1N(C)S(=O)(=O)c1ccc(C)cc1. The largest absolute Gasteiger partial charge is 0.350 e. The van der Waals surface area contributed by atoms with E-state index in [9.17, 15) is 13.2 Å². The molecule has 0 saturated carbocycles. The third-order valence-corrected chi connectivity index (χ3v) is 5.94. The van der Waals surface area contributed by atoms with Gasteiger partial charge in [-0.05, 0) is 44.5 Å². The number of para-hydroxylation sites is 1. The summed E-state index contributed by atoms with van der Waals surface area (Å²) in [6, 6.07) is 13.4. The van der Waals surface area contributed by atoms with Crippen molar-refractivity contribution in [3.05, 3.63) is 59.7 Å². The molecule has 0 radical (unpaired) electrons. The molecule has 1 atom stereocenters. The van der Waals surface area contributed by atoms with Crippen LogP contribution in [0.15, 0.2) is 53.4 Å². The first kappa shape index (κ1) is 19.0. The van der Waals surface area contributed by atoms with E-state index in [0.717, 1.165) is 16.3 Å². The Kier molecular flexibility index (Phi) is 5.85. The lowest BCUT2D eigenvalue weighted by Gasteiger charge is -2.23. The number of nitrogens with one attached hydrogen (secondary N) is 1. The van der Waals surface area contributed by atoms with Gasteiger partial charge in [-0.3, -0.25) is 9.10 Å². The summed E-state index contributed by atoms with van der Waals surface area (Å²) in [6.45, 7) is 5.78. The van der Waals surface area contributed by atoms with Crippen LogP contribution >= 0.6 is 0 Å². The fourth-order valence-electron chi connectivity index (χ4n) is 2.34. The number of carbonyl (C=O) groups is 1. The van der Waals surface area contributed by atoms with Crippen molar-refractivity contribution in [2.45, 2.75) is 38.1 Å². The molecule has 134 valence electrons. The van der Waals surface area contributed by atoms with Gasteiger partial charge in [-0.2, -0.15) is 0 Å². The molecule has 25 heavy (non-hydrogen) atoms. The molecular weight excluding hydrogens is 336 g/mol. The maximum atomic E-state index is 12.9. The van der Waals surface area contributed by atoms with Crippen LogP contribution in [0.4, 0.5) is 5.69 Å². The van der Waals surface area contributed by atoms with Crippen LogP contribution in [0.1, 0.15) is 36.2 Å². The van der Waals surface area contributed by atoms with Crippen LogP contribution in [-0.4, -0.2) is 27.4 Å². The van der Waals surface area contributed by atoms with Crippen LogP contribution in [0.3, 0.4) is 0 Å². The van der Waals surface area contributed by atoms with Gasteiger partial charge in [-0.15, -0.1) is 0 Å². The van der Waals surface area contributed by atoms with Gasteiger partial charge in [-0.25, -0.2) is 8.42 Å². The van der Waals surface area contributed by atoms with Crippen LogP contribution in [0.5, 0.6) is 0 Å². The Bertz CT molecular complexity index is 845. The Hall–Kier alpha value is -2.34. The van der Waals surface area contributed by atoms with Crippen LogP contribution in [0.25, 0.3) is 0 Å². The molecule has 0 aromatic heterocycles. The number of nitrogens with zero attached hydrogens (tertiary/aromatic N) is 1. The van der Waals surface area contributed by atoms with Gasteiger partial charge < -0.3 is 5.32 Å². The highest BCUT2D eigenvalue weighted by Gasteiger charge is 2.25. The van der Waals surface area contributed by atoms with Gasteiger partial charge in [0, 0.05) is 13.1 Å². The summed E-state index contributed by atoms with van der Waals surface area (Å²) >= 11 is 0. The van der Waals surface area contributed by atoms with E-state index in [-0.39, 0.29) is 16.8 Å². The summed E-state index contributed by atoms with van der Waals surface area (Å²) in [6.07, 6.45) is 0.797. The standard InChI is InChI=1S/C19H24N2O3S/c1-5-15(3)20-19(22)17-8-6-7-9-18(17)21(4)25(23,24)16-12-10-14(2)11-13-16/h6-13,15H,5H2,1-4H3,(H,20,22)/t15-/m1/s1. The molecule has 1 amide bonds. The number of carbonyl (C=O) groups excluding carboxylic acids is 1. The molecule has 0 heterocycles. The monoisotopic (exact) mass is 360 g/mol. The minimum absolute atomic E-state index is 0.0135. The van der Waals surface area contributed by atoms with Gasteiger partial charge in [0.05, 0.1) is 16.1 Å². The Morgan fingerprint density at radius 2 is 1.72 bits per heavy atom. The fraction of sp³-hybridized carbons (Fsp3) is 0.316. The molecule has 2 aromatic rings. The molecule has 0 spiro atoms. The molecule has 0 unspecified atom stereocenters. The normalized spacial score (nSPS) is 12.5. The fourth-order valence-corrected chi connectivity index (χ4v) is 3.56. The molecule has 0 saturated heterocycles. The summed E-state index contributed by atoms with van der Waals surface area (Å²) < 4.78 is 26.9. The molecule has 2 aromatic carbocycles. The van der Waals surface area contributed by atoms with E-state index in [1.165, 1.54) is 7.05 Å². The number of hydrogen-bond acceptors (Lipinski definition) is 3. The number of rotatable bonds is 6. The quantitative estimate of drug-likeness (QED) is 0.859. The first-order valence-corrected chi connectivity index (χ1v) is 9.67. The van der Waals surface area contributed by atoms with Crippen molar-refractivity contribution >= 4 is 21.6 Å². The Morgan fingerprint density at radius 1 is 1.12 bits per heavy atom. The highest BCUT2D eigenvalue weighted by atomic mass is 32.2. The second kappa shape index (κ2) is 7.70. The third-order valence-electron chi connectivity index (χ3n) is 4.16. The molecule has 6 heteroatoms. The summed E-state index contributed by atoms with van der Waals surface area (Å²) in [4.78, 5) is 12.7. The molecular formula is C19H24N2O3S. The molecule has 0 aliphatic heterocycles. The minimum Gasteiger partial charge on any atom is -0.350 e. The van der Waals surface area contributed by atoms with Crippen molar-refractivity contribution in [1.29, 1.82) is 0 Å². The van der Waals surface area contributed by atoms with Crippen molar-refractivity contribution in [3.63, 3.8) is 0 Å². The topological polar surface area (TPSA) is 66.5 Å². The van der Waals surface area contributed by atoms with Gasteiger partial charge in [0.25, 0.3) is 15.9 Å². The van der Waals surface area contributed by atoms with Gasteiger partial charge in [0.2, 0.25) is 0 Å². The van der Waals surface area contributed by atoms with Crippen LogP contribution in [0, 0.1) is 6.92 Å². The predicted molar refractivity (Wildman–Crippen MR) is 100 cm³/mol. The lowest BCUT2D eigenvalue weighted by Crippen LogP contribution is -2.34. The molecule has 5 nitrogen and oxygen atoms in total. The van der Waals surface area contributed by atoms with Crippen LogP contribution in [0.2, 0.25) is 0 Å². The number of aryl methyl sites for hydroxylation is 1. The van der Waals surface area contributed by atoms with Crippen molar-refractivity contribution in [3.8, 4) is 0 Å². The van der Waals surface area contributed by atoms with Crippen LogP contribution in [-0.2, 0) is 10.0 Å². The third kappa shape index (κ3) is 4.20. The van der Waals surface area contributed by atoms with Crippen molar-refractivity contribution in [1.82, 2.24) is 5.32 Å². The zero-order valence-electron chi connectivity index (χ0n) is 15.0. The Balaban J connectivity index is 2.41. The maximum absolute atomic E-state index is 12.9. The number of sulfonamides is 1. The van der Waals surface area contributed by atoms with Gasteiger partial charge in [0.1, 0.15) is 0 Å². The van der Waals surface area contributed by atoms with Crippen molar-refractivity contribution < 1.29 is 13.2 Å². The van der Waals surface area contributed by atoms with E-state index in [1.807, 2.05) is 20.8 Å². The number of amides is 1. The molecule has 0 bridgehead atoms. The van der Waals surface area contributed by atoms with E-state index in [0.29, 0.717) is 11.3 Å². The first-order valence-electron chi connectivity index (χ1n) is 8.23. The summed E-state index contributed by atoms with van der Waals surface area (Å²) in [5.74, 6) is -0.282. The summed E-state index contributed by atoms with van der Waals surface area (Å²) in [7, 11) is -2.28. The average molecular weight is 360 g/mol. The van der Waals surface area contributed by atoms with E-state index >= 15 is 0 Å². The highest BCUT2D eigenvalue weighted by molar-refractivity contribution is 7.92. The lowest BCUT2D eigenvalue weighted by molar-refractivity contribution is 0.0940. The van der Waals surface area contributed by atoms with Gasteiger partial charge >= 0.3 is 0 Å². The van der Waals surface area contributed by atoms with Crippen molar-refractivity contribution in [2.75, 3.05) is 11.4 Å². The van der Waals surface area contributed by atoms with E-state index < -0.39 is 10.0 Å². The number of benzene rings is 2. The second-order valence-corrected chi connectivity index (χ2v) is 8.05. The molecule has 0 aliphatic rings. The summed E-state index contributed by atoms with van der Waals surface area (Å²) in [5.41, 5.74) is 1.67. The number of hydrogen-bond donors (Lipinski definition) is 1. The maximum Gasteiger partial charge on any atom is 0.264 e. The Morgan fingerprint density at radius 3 is 2.32 bits per heavy atom. The van der Waals surface area contributed by atoms with Crippen molar-refractivity contribution in [2.24, 2.45) is 0 Å². The highest BCUT2D eigenvalue weighted by Crippen LogP contribution is 2.26. The summed E-state index contributed by atoms with van der Waals surface area (Å²) in [5, 5.41) is 2.88. The van der Waals surface area contributed by atoms with E-state index in [1.54, 1.807) is 48.5 Å². The van der Waals surface area contributed by atoms with Crippen LogP contribution < -0.4 is 9.62 Å².